The van der Waals surface area contributed by atoms with Gasteiger partial charge in [0.1, 0.15) is 0 Å². The van der Waals surface area contributed by atoms with Crippen LogP contribution in [-0.2, 0) is 5.41 Å². The molecule has 0 spiro atoms. The molecule has 0 amide bonds. The third-order valence-electron chi connectivity index (χ3n) is 2.87. The Kier molecular flexibility index (Phi) is 3.71. The van der Waals surface area contributed by atoms with Gasteiger partial charge in [0.25, 0.3) is 0 Å². The van der Waals surface area contributed by atoms with Gasteiger partial charge in [-0.15, -0.1) is 16.7 Å². The molecule has 0 aliphatic heterocycles. The third-order valence-corrected chi connectivity index (χ3v) is 3.12. The van der Waals surface area contributed by atoms with E-state index in [1.54, 1.807) is 23.0 Å². The summed E-state index contributed by atoms with van der Waals surface area (Å²) < 4.78 is 1.79. The monoisotopic (exact) mass is 277 g/mol. The van der Waals surface area contributed by atoms with E-state index in [1.807, 2.05) is 12.1 Å². The summed E-state index contributed by atoms with van der Waals surface area (Å²) in [5.41, 5.74) is 2.46. The van der Waals surface area contributed by atoms with E-state index in [0.717, 1.165) is 11.4 Å². The van der Waals surface area contributed by atoms with Crippen molar-refractivity contribution in [2.24, 2.45) is 0 Å². The Morgan fingerprint density at radius 3 is 2.42 bits per heavy atom. The molecule has 1 heterocycles. The molecule has 2 aromatic rings. The van der Waals surface area contributed by atoms with E-state index in [2.05, 4.69) is 31.1 Å². The van der Waals surface area contributed by atoms with Gasteiger partial charge in [0.05, 0.1) is 23.5 Å². The molecule has 0 fully saturated rings. The van der Waals surface area contributed by atoms with Crippen LogP contribution in [0, 0.1) is 0 Å². The lowest BCUT2D eigenvalue weighted by molar-refractivity contribution is 0.102. The molecular formula is C14H16ClN3O. The molecular weight excluding hydrogens is 262 g/mol. The topological polar surface area (TPSA) is 47.8 Å². The molecule has 0 unspecified atom stereocenters. The Hall–Kier alpha value is -1.68. The molecule has 0 bridgehead atoms. The molecule has 0 saturated carbocycles. The largest absolute Gasteiger partial charge is 0.293 e. The quantitative estimate of drug-likeness (QED) is 0.640. The summed E-state index contributed by atoms with van der Waals surface area (Å²) in [6.45, 7) is 6.31. The number of carbonyl (C=O) groups is 1. The van der Waals surface area contributed by atoms with Gasteiger partial charge in [-0.3, -0.25) is 4.79 Å². The van der Waals surface area contributed by atoms with Crippen molar-refractivity contribution >= 4 is 17.4 Å². The van der Waals surface area contributed by atoms with Crippen LogP contribution in [0.1, 0.15) is 36.8 Å². The van der Waals surface area contributed by atoms with Crippen molar-refractivity contribution in [3.63, 3.8) is 0 Å². The molecule has 0 aliphatic rings. The van der Waals surface area contributed by atoms with Crippen LogP contribution in [0.4, 0.5) is 0 Å². The fourth-order valence-electron chi connectivity index (χ4n) is 1.80. The number of benzene rings is 1. The molecule has 100 valence electrons. The van der Waals surface area contributed by atoms with Crippen molar-refractivity contribution < 1.29 is 4.79 Å². The fourth-order valence-corrected chi connectivity index (χ4v) is 1.96. The minimum atomic E-state index is -0.0807. The summed E-state index contributed by atoms with van der Waals surface area (Å²) in [6.07, 6.45) is 1.76. The molecule has 19 heavy (non-hydrogen) atoms. The van der Waals surface area contributed by atoms with E-state index < -0.39 is 0 Å². The molecule has 4 nitrogen and oxygen atoms in total. The lowest BCUT2D eigenvalue weighted by Crippen LogP contribution is -2.17. The molecule has 0 radical (unpaired) electrons. The normalized spacial score (nSPS) is 11.6. The van der Waals surface area contributed by atoms with Gasteiger partial charge in [-0.1, -0.05) is 26.0 Å². The number of aromatic nitrogens is 3. The minimum absolute atomic E-state index is 0.00405. The van der Waals surface area contributed by atoms with Crippen LogP contribution in [0.3, 0.4) is 0 Å². The molecule has 0 atom stereocenters. The van der Waals surface area contributed by atoms with Crippen molar-refractivity contribution in [3.8, 4) is 5.69 Å². The number of carbonyl (C=O) groups excluding carboxylic acids is 1. The van der Waals surface area contributed by atoms with E-state index in [-0.39, 0.29) is 17.1 Å². The van der Waals surface area contributed by atoms with Gasteiger partial charge >= 0.3 is 0 Å². The minimum Gasteiger partial charge on any atom is -0.293 e. The number of rotatable bonds is 3. The van der Waals surface area contributed by atoms with Gasteiger partial charge in [0.15, 0.2) is 5.78 Å². The second-order valence-electron chi connectivity index (χ2n) is 5.38. The van der Waals surface area contributed by atoms with Crippen molar-refractivity contribution in [3.05, 3.63) is 41.7 Å². The molecule has 1 aromatic heterocycles. The van der Waals surface area contributed by atoms with Crippen molar-refractivity contribution in [2.45, 2.75) is 26.2 Å². The van der Waals surface area contributed by atoms with E-state index in [4.69, 9.17) is 11.6 Å². The molecule has 2 rings (SSSR count). The molecule has 0 aliphatic carbocycles. The van der Waals surface area contributed by atoms with Gasteiger partial charge in [0, 0.05) is 11.0 Å². The van der Waals surface area contributed by atoms with Crippen LogP contribution in [0.2, 0.25) is 0 Å². The number of ketones is 1. The van der Waals surface area contributed by atoms with E-state index in [1.165, 1.54) is 0 Å². The molecule has 5 heteroatoms. The predicted octanol–water partition coefficient (Wildman–Crippen LogP) is 2.99. The van der Waals surface area contributed by atoms with Crippen molar-refractivity contribution in [1.82, 2.24) is 15.0 Å². The number of Topliss-reactive ketones (excluding diaryl/α,β-unsaturated/α-hetero) is 1. The van der Waals surface area contributed by atoms with Gasteiger partial charge < -0.3 is 0 Å². The number of hydrogen-bond acceptors (Lipinski definition) is 3. The molecule has 0 N–H and O–H groups in total. The Bertz CT molecular complexity index is 581. The van der Waals surface area contributed by atoms with Crippen molar-refractivity contribution in [1.29, 1.82) is 0 Å². The van der Waals surface area contributed by atoms with Crippen LogP contribution in [-0.4, -0.2) is 26.7 Å². The Morgan fingerprint density at radius 2 is 1.89 bits per heavy atom. The highest BCUT2D eigenvalue weighted by molar-refractivity contribution is 6.30. The highest BCUT2D eigenvalue weighted by Gasteiger charge is 2.20. The van der Waals surface area contributed by atoms with Gasteiger partial charge in [-0.05, 0) is 24.3 Å². The maximum atomic E-state index is 11.5. The molecule has 0 saturated heterocycles. The number of hydrogen-bond donors (Lipinski definition) is 0. The zero-order chi connectivity index (χ0) is 14.0. The summed E-state index contributed by atoms with van der Waals surface area (Å²) in [6, 6.07) is 7.22. The lowest BCUT2D eigenvalue weighted by atomic mass is 9.92. The van der Waals surface area contributed by atoms with E-state index in [9.17, 15) is 4.79 Å². The van der Waals surface area contributed by atoms with Gasteiger partial charge in [-0.2, -0.15) is 0 Å². The van der Waals surface area contributed by atoms with Crippen LogP contribution in [0.15, 0.2) is 30.5 Å². The number of nitrogens with zero attached hydrogens (tertiary/aromatic N) is 3. The second-order valence-corrected chi connectivity index (χ2v) is 5.65. The second kappa shape index (κ2) is 5.13. The highest BCUT2D eigenvalue weighted by Crippen LogP contribution is 2.23. The van der Waals surface area contributed by atoms with Crippen molar-refractivity contribution in [2.75, 3.05) is 5.88 Å². The van der Waals surface area contributed by atoms with Crippen LogP contribution in [0.5, 0.6) is 0 Å². The first-order valence-electron chi connectivity index (χ1n) is 6.04. The summed E-state index contributed by atoms with van der Waals surface area (Å²) in [4.78, 5) is 11.5. The van der Waals surface area contributed by atoms with E-state index >= 15 is 0 Å². The number of alkyl halides is 1. The maximum Gasteiger partial charge on any atom is 0.177 e. The van der Waals surface area contributed by atoms with E-state index in [0.29, 0.717) is 5.56 Å². The Balaban J connectivity index is 2.39. The van der Waals surface area contributed by atoms with Crippen LogP contribution >= 0.6 is 11.6 Å². The maximum absolute atomic E-state index is 11.5. The first-order chi connectivity index (χ1) is 8.93. The Labute approximate surface area is 117 Å². The highest BCUT2D eigenvalue weighted by atomic mass is 35.5. The lowest BCUT2D eigenvalue weighted by Gasteiger charge is -2.19. The smallest absolute Gasteiger partial charge is 0.177 e. The standard InChI is InChI=1S/C14H16ClN3O/c1-14(2,3)13-9-16-17-18(13)11-6-4-10(5-7-11)12(19)8-15/h4-7,9H,8H2,1-3H3. The first kappa shape index (κ1) is 13.7. The van der Waals surface area contributed by atoms with Gasteiger partial charge in [-0.25, -0.2) is 4.68 Å². The van der Waals surface area contributed by atoms with Crippen LogP contribution < -0.4 is 0 Å². The zero-order valence-corrected chi connectivity index (χ0v) is 12.0. The van der Waals surface area contributed by atoms with Crippen LogP contribution in [0.25, 0.3) is 5.69 Å². The average molecular weight is 278 g/mol. The molecule has 1 aromatic carbocycles. The number of halogens is 1. The summed E-state index contributed by atoms with van der Waals surface area (Å²) in [5.74, 6) is -0.0847. The SMILES string of the molecule is CC(C)(C)c1cnnn1-c1ccc(C(=O)CCl)cc1. The first-order valence-corrected chi connectivity index (χ1v) is 6.57. The van der Waals surface area contributed by atoms with Gasteiger partial charge in [0.2, 0.25) is 0 Å². The third kappa shape index (κ3) is 2.84. The summed E-state index contributed by atoms with van der Waals surface area (Å²) in [5, 5.41) is 8.07. The average Bonchev–Trinajstić information content (AvgIpc) is 2.87. The Morgan fingerprint density at radius 1 is 1.26 bits per heavy atom. The fraction of sp³-hybridized carbons (Fsp3) is 0.357. The predicted molar refractivity (Wildman–Crippen MR) is 75.1 cm³/mol. The summed E-state index contributed by atoms with van der Waals surface area (Å²) in [7, 11) is 0. The zero-order valence-electron chi connectivity index (χ0n) is 11.2. The summed E-state index contributed by atoms with van der Waals surface area (Å²) >= 11 is 5.53.